The van der Waals surface area contributed by atoms with Crippen molar-refractivity contribution in [3.8, 4) is 0 Å². The average Bonchev–Trinajstić information content (AvgIpc) is 2.93. The first-order valence-corrected chi connectivity index (χ1v) is 7.57. The van der Waals surface area contributed by atoms with Crippen LogP contribution in [0.4, 0.5) is 0 Å². The normalized spacial score (nSPS) is 14.6. The summed E-state index contributed by atoms with van der Waals surface area (Å²) in [7, 11) is 1.65. The fourth-order valence-corrected chi connectivity index (χ4v) is 3.60. The molecule has 0 aliphatic rings. The Morgan fingerprint density at radius 3 is 2.84 bits per heavy atom. The topological polar surface area (TPSA) is 47.3 Å². The average molecular weight is 345 g/mol. The number of methoxy groups -OCH3 is 1. The van der Waals surface area contributed by atoms with Gasteiger partial charge in [-0.3, -0.25) is 4.68 Å². The molecule has 0 radical (unpaired) electrons. The van der Waals surface area contributed by atoms with Crippen molar-refractivity contribution in [1.29, 1.82) is 0 Å². The molecule has 0 aliphatic carbocycles. The Bertz CT molecular complexity index is 563. The SMILES string of the molecule is COCCn1ncc(Br)c1C(C)(O)c1ccc(C)s1. The van der Waals surface area contributed by atoms with Crippen LogP contribution in [0.2, 0.25) is 0 Å². The van der Waals surface area contributed by atoms with Gasteiger partial charge in [-0.1, -0.05) is 0 Å². The number of aromatic nitrogens is 2. The molecule has 2 aromatic heterocycles. The zero-order valence-corrected chi connectivity index (χ0v) is 13.6. The van der Waals surface area contributed by atoms with Crippen molar-refractivity contribution >= 4 is 27.3 Å². The maximum Gasteiger partial charge on any atom is 0.139 e. The smallest absolute Gasteiger partial charge is 0.139 e. The number of rotatable bonds is 5. The van der Waals surface area contributed by atoms with Crippen LogP contribution in [0.1, 0.15) is 22.4 Å². The molecule has 104 valence electrons. The number of hydrogen-bond donors (Lipinski definition) is 1. The molecule has 4 nitrogen and oxygen atoms in total. The maximum absolute atomic E-state index is 10.9. The Balaban J connectivity index is 2.41. The summed E-state index contributed by atoms with van der Waals surface area (Å²) in [6, 6.07) is 3.97. The van der Waals surface area contributed by atoms with Crippen LogP contribution >= 0.6 is 27.3 Å². The lowest BCUT2D eigenvalue weighted by Gasteiger charge is -2.24. The van der Waals surface area contributed by atoms with Crippen LogP contribution in [-0.4, -0.2) is 28.6 Å². The largest absolute Gasteiger partial charge is 0.383 e. The fourth-order valence-electron chi connectivity index (χ4n) is 2.01. The lowest BCUT2D eigenvalue weighted by molar-refractivity contribution is 0.0912. The minimum atomic E-state index is -1.07. The first-order chi connectivity index (χ1) is 8.96. The van der Waals surface area contributed by atoms with E-state index in [0.717, 1.165) is 15.0 Å². The van der Waals surface area contributed by atoms with Gasteiger partial charge < -0.3 is 9.84 Å². The molecule has 0 fully saturated rings. The number of nitrogens with zero attached hydrogens (tertiary/aromatic N) is 2. The minimum Gasteiger partial charge on any atom is -0.383 e. The van der Waals surface area contributed by atoms with E-state index < -0.39 is 5.60 Å². The van der Waals surface area contributed by atoms with E-state index in [9.17, 15) is 5.11 Å². The molecule has 1 N–H and O–H groups in total. The molecule has 0 saturated heterocycles. The molecule has 0 aliphatic heterocycles. The van der Waals surface area contributed by atoms with E-state index >= 15 is 0 Å². The molecule has 2 heterocycles. The van der Waals surface area contributed by atoms with Gasteiger partial charge in [0.2, 0.25) is 0 Å². The van der Waals surface area contributed by atoms with E-state index in [0.29, 0.717) is 13.2 Å². The highest BCUT2D eigenvalue weighted by Gasteiger charge is 2.33. The predicted molar refractivity (Wildman–Crippen MR) is 79.5 cm³/mol. The van der Waals surface area contributed by atoms with Crippen LogP contribution in [0.25, 0.3) is 0 Å². The quantitative estimate of drug-likeness (QED) is 0.906. The van der Waals surface area contributed by atoms with E-state index in [2.05, 4.69) is 21.0 Å². The van der Waals surface area contributed by atoms with Crippen LogP contribution in [0.5, 0.6) is 0 Å². The van der Waals surface area contributed by atoms with Crippen LogP contribution in [-0.2, 0) is 16.9 Å². The summed E-state index contributed by atoms with van der Waals surface area (Å²) < 4.78 is 7.66. The van der Waals surface area contributed by atoms with Crippen molar-refractivity contribution in [2.45, 2.75) is 26.0 Å². The van der Waals surface area contributed by atoms with Crippen LogP contribution < -0.4 is 0 Å². The standard InChI is InChI=1S/C13H17BrN2O2S/c1-9-4-5-11(19-9)13(2,17)12-10(14)8-15-16(12)6-7-18-3/h4-5,8,17H,6-7H2,1-3H3. The number of aliphatic hydroxyl groups is 1. The van der Waals surface area contributed by atoms with Gasteiger partial charge in [0.05, 0.1) is 29.5 Å². The summed E-state index contributed by atoms with van der Waals surface area (Å²) in [5.41, 5.74) is -0.312. The maximum atomic E-state index is 10.9. The second-order valence-electron chi connectivity index (χ2n) is 4.54. The lowest BCUT2D eigenvalue weighted by Crippen LogP contribution is -2.27. The lowest BCUT2D eigenvalue weighted by atomic mass is 10.0. The van der Waals surface area contributed by atoms with Crippen LogP contribution in [0.15, 0.2) is 22.8 Å². The fraction of sp³-hybridized carbons (Fsp3) is 0.462. The minimum absolute atomic E-state index is 0.556. The molecular weight excluding hydrogens is 328 g/mol. The van der Waals surface area contributed by atoms with Gasteiger partial charge in [0.25, 0.3) is 0 Å². The van der Waals surface area contributed by atoms with Crippen LogP contribution in [0, 0.1) is 6.92 Å². The van der Waals surface area contributed by atoms with Crippen molar-refractivity contribution in [2.75, 3.05) is 13.7 Å². The number of halogens is 1. The molecule has 0 amide bonds. The van der Waals surface area contributed by atoms with E-state index in [-0.39, 0.29) is 0 Å². The monoisotopic (exact) mass is 344 g/mol. The van der Waals surface area contributed by atoms with Gasteiger partial charge in [-0.15, -0.1) is 11.3 Å². The molecule has 0 spiro atoms. The molecule has 1 unspecified atom stereocenters. The van der Waals surface area contributed by atoms with Crippen molar-refractivity contribution in [3.05, 3.63) is 38.3 Å². The third kappa shape index (κ3) is 2.91. The molecule has 2 rings (SSSR count). The van der Waals surface area contributed by atoms with E-state index in [1.165, 1.54) is 4.88 Å². The second-order valence-corrected chi connectivity index (χ2v) is 6.68. The molecule has 6 heteroatoms. The molecular formula is C13H17BrN2O2S. The van der Waals surface area contributed by atoms with Crippen molar-refractivity contribution in [1.82, 2.24) is 9.78 Å². The van der Waals surface area contributed by atoms with Crippen molar-refractivity contribution < 1.29 is 9.84 Å². The second kappa shape index (κ2) is 5.75. The van der Waals surface area contributed by atoms with Gasteiger partial charge in [-0.2, -0.15) is 5.10 Å². The summed E-state index contributed by atoms with van der Waals surface area (Å²) in [6.07, 6.45) is 1.71. The summed E-state index contributed by atoms with van der Waals surface area (Å²) in [5.74, 6) is 0. The molecule has 0 saturated carbocycles. The number of thiophene rings is 1. The Kier molecular flexibility index (Phi) is 4.45. The van der Waals surface area contributed by atoms with E-state index in [4.69, 9.17) is 4.74 Å². The van der Waals surface area contributed by atoms with Gasteiger partial charge in [0, 0.05) is 16.9 Å². The van der Waals surface area contributed by atoms with Gasteiger partial charge in [-0.05, 0) is 41.9 Å². The van der Waals surface area contributed by atoms with Crippen molar-refractivity contribution in [3.63, 3.8) is 0 Å². The predicted octanol–water partition coefficient (Wildman–Crippen LogP) is 2.92. The van der Waals surface area contributed by atoms with Gasteiger partial charge in [-0.25, -0.2) is 0 Å². The first-order valence-electron chi connectivity index (χ1n) is 5.97. The molecule has 2 aromatic rings. The Hall–Kier alpha value is -0.690. The van der Waals surface area contributed by atoms with Crippen molar-refractivity contribution in [2.24, 2.45) is 0 Å². The number of aryl methyl sites for hydroxylation is 1. The third-order valence-corrected chi connectivity index (χ3v) is 4.78. The number of ether oxygens (including phenoxy) is 1. The molecule has 19 heavy (non-hydrogen) atoms. The van der Waals surface area contributed by atoms with E-state index in [1.807, 2.05) is 19.1 Å². The Labute approximate surface area is 125 Å². The highest BCUT2D eigenvalue weighted by atomic mass is 79.9. The molecule has 0 aromatic carbocycles. The summed E-state index contributed by atoms with van der Waals surface area (Å²) in [6.45, 7) is 4.99. The third-order valence-electron chi connectivity index (χ3n) is 2.98. The highest BCUT2D eigenvalue weighted by molar-refractivity contribution is 9.10. The summed E-state index contributed by atoms with van der Waals surface area (Å²) in [5, 5.41) is 15.2. The molecule has 1 atom stereocenters. The Morgan fingerprint density at radius 2 is 2.26 bits per heavy atom. The summed E-state index contributed by atoms with van der Waals surface area (Å²) >= 11 is 5.06. The Morgan fingerprint density at radius 1 is 1.53 bits per heavy atom. The highest BCUT2D eigenvalue weighted by Crippen LogP contribution is 2.37. The van der Waals surface area contributed by atoms with Gasteiger partial charge >= 0.3 is 0 Å². The van der Waals surface area contributed by atoms with E-state index in [1.54, 1.807) is 36.2 Å². The van der Waals surface area contributed by atoms with Gasteiger partial charge in [0.15, 0.2) is 0 Å². The zero-order valence-electron chi connectivity index (χ0n) is 11.2. The van der Waals surface area contributed by atoms with Crippen LogP contribution in [0.3, 0.4) is 0 Å². The zero-order chi connectivity index (χ0) is 14.0. The molecule has 0 bridgehead atoms. The van der Waals surface area contributed by atoms with Gasteiger partial charge in [0.1, 0.15) is 5.60 Å². The summed E-state index contributed by atoms with van der Waals surface area (Å²) in [4.78, 5) is 2.08. The number of hydrogen-bond acceptors (Lipinski definition) is 4. The first kappa shape index (κ1) is 14.7.